The first-order chi connectivity index (χ1) is 9.26. The molecular weight excluding hydrogens is 274 g/mol. The van der Waals surface area contributed by atoms with Gasteiger partial charge in [-0.25, -0.2) is 0 Å². The molecule has 1 nitrogen and oxygen atoms in total. The second-order valence-electron chi connectivity index (χ2n) is 5.77. The van der Waals surface area contributed by atoms with E-state index < -0.39 is 0 Å². The molecule has 1 saturated carbocycles. The smallest absolute Gasteiger partial charge is 0.0561 e. The standard InChI is InChI=1S/C16H26ClNS/c1-3-9-18-15(16-14(17)8-10-19-16)13-7-5-6-12(4-2)11-13/h8,10,12-13,15,18H,3-7,9,11H2,1-2H3. The van der Waals surface area contributed by atoms with Gasteiger partial charge in [0.1, 0.15) is 0 Å². The Morgan fingerprint density at radius 1 is 1.42 bits per heavy atom. The summed E-state index contributed by atoms with van der Waals surface area (Å²) in [7, 11) is 0. The third-order valence-corrected chi connectivity index (χ3v) is 5.86. The molecule has 3 unspecified atom stereocenters. The van der Waals surface area contributed by atoms with Gasteiger partial charge in [-0.1, -0.05) is 44.7 Å². The molecule has 19 heavy (non-hydrogen) atoms. The first-order valence-electron chi connectivity index (χ1n) is 7.72. The minimum Gasteiger partial charge on any atom is -0.309 e. The molecule has 0 saturated heterocycles. The first kappa shape index (κ1) is 15.3. The van der Waals surface area contributed by atoms with Gasteiger partial charge in [0, 0.05) is 10.9 Å². The van der Waals surface area contributed by atoms with Crippen molar-refractivity contribution in [3.8, 4) is 0 Å². The van der Waals surface area contributed by atoms with Gasteiger partial charge in [0.05, 0.1) is 5.02 Å². The summed E-state index contributed by atoms with van der Waals surface area (Å²) in [6.07, 6.45) is 8.04. The highest BCUT2D eigenvalue weighted by molar-refractivity contribution is 7.10. The lowest BCUT2D eigenvalue weighted by atomic mass is 9.76. The second kappa shape index (κ2) is 7.66. The van der Waals surface area contributed by atoms with Crippen LogP contribution in [0.3, 0.4) is 0 Å². The molecule has 0 spiro atoms. The average molecular weight is 300 g/mol. The highest BCUT2D eigenvalue weighted by Crippen LogP contribution is 2.41. The van der Waals surface area contributed by atoms with Gasteiger partial charge in [-0.2, -0.15) is 0 Å². The molecule has 2 rings (SSSR count). The molecule has 108 valence electrons. The molecule has 1 N–H and O–H groups in total. The summed E-state index contributed by atoms with van der Waals surface area (Å²) < 4.78 is 0. The monoisotopic (exact) mass is 299 g/mol. The lowest BCUT2D eigenvalue weighted by molar-refractivity contribution is 0.211. The zero-order chi connectivity index (χ0) is 13.7. The second-order valence-corrected chi connectivity index (χ2v) is 7.12. The van der Waals surface area contributed by atoms with E-state index in [1.807, 2.05) is 17.4 Å². The van der Waals surface area contributed by atoms with Crippen LogP contribution < -0.4 is 5.32 Å². The maximum Gasteiger partial charge on any atom is 0.0561 e. The lowest BCUT2D eigenvalue weighted by Crippen LogP contribution is -2.31. The molecule has 1 aromatic heterocycles. The number of hydrogen-bond acceptors (Lipinski definition) is 2. The van der Waals surface area contributed by atoms with Crippen molar-refractivity contribution in [2.45, 2.75) is 58.4 Å². The van der Waals surface area contributed by atoms with Crippen LogP contribution in [0.5, 0.6) is 0 Å². The Morgan fingerprint density at radius 2 is 2.26 bits per heavy atom. The molecule has 3 heteroatoms. The number of halogens is 1. The highest BCUT2D eigenvalue weighted by Gasteiger charge is 2.30. The Labute approximate surface area is 126 Å². The van der Waals surface area contributed by atoms with Crippen LogP contribution in [0.15, 0.2) is 11.4 Å². The van der Waals surface area contributed by atoms with Gasteiger partial charge in [-0.15, -0.1) is 11.3 Å². The van der Waals surface area contributed by atoms with Crippen molar-refractivity contribution < 1.29 is 0 Å². The van der Waals surface area contributed by atoms with Crippen molar-refractivity contribution in [2.75, 3.05) is 6.54 Å². The van der Waals surface area contributed by atoms with E-state index >= 15 is 0 Å². The van der Waals surface area contributed by atoms with Crippen LogP contribution in [0.4, 0.5) is 0 Å². The summed E-state index contributed by atoms with van der Waals surface area (Å²) in [6.45, 7) is 5.65. The van der Waals surface area contributed by atoms with Gasteiger partial charge in [-0.3, -0.25) is 0 Å². The van der Waals surface area contributed by atoms with Gasteiger partial charge in [-0.05, 0) is 49.1 Å². The van der Waals surface area contributed by atoms with Crippen LogP contribution in [-0.4, -0.2) is 6.54 Å². The zero-order valence-corrected chi connectivity index (χ0v) is 13.7. The fourth-order valence-corrected chi connectivity index (χ4v) is 4.65. The van der Waals surface area contributed by atoms with Crippen LogP contribution in [0.25, 0.3) is 0 Å². The third-order valence-electron chi connectivity index (χ3n) is 4.41. The molecule has 0 aromatic carbocycles. The van der Waals surface area contributed by atoms with Crippen LogP contribution in [0.2, 0.25) is 5.02 Å². The molecule has 0 aliphatic heterocycles. The average Bonchev–Trinajstić information content (AvgIpc) is 2.86. The van der Waals surface area contributed by atoms with Crippen LogP contribution in [0, 0.1) is 11.8 Å². The molecule has 1 aliphatic carbocycles. The Balaban J connectivity index is 2.10. The maximum absolute atomic E-state index is 6.37. The Hall–Kier alpha value is -0.0500. The molecule has 1 aromatic rings. The van der Waals surface area contributed by atoms with Gasteiger partial charge >= 0.3 is 0 Å². The van der Waals surface area contributed by atoms with Crippen molar-refractivity contribution in [1.82, 2.24) is 5.32 Å². The van der Waals surface area contributed by atoms with E-state index in [0.717, 1.165) is 23.4 Å². The van der Waals surface area contributed by atoms with E-state index in [0.29, 0.717) is 6.04 Å². The van der Waals surface area contributed by atoms with E-state index in [-0.39, 0.29) is 0 Å². The molecule has 0 bridgehead atoms. The maximum atomic E-state index is 6.37. The predicted molar refractivity (Wildman–Crippen MR) is 86.1 cm³/mol. The number of rotatable bonds is 6. The van der Waals surface area contributed by atoms with Crippen LogP contribution >= 0.6 is 22.9 Å². The van der Waals surface area contributed by atoms with Gasteiger partial charge < -0.3 is 5.32 Å². The largest absolute Gasteiger partial charge is 0.309 e. The molecule has 1 aliphatic rings. The molecular formula is C16H26ClNS. The van der Waals surface area contributed by atoms with E-state index in [1.165, 1.54) is 43.4 Å². The summed E-state index contributed by atoms with van der Waals surface area (Å²) in [6, 6.07) is 2.52. The van der Waals surface area contributed by atoms with Crippen LogP contribution in [-0.2, 0) is 0 Å². The SMILES string of the molecule is CCCNC(c1sccc1Cl)C1CCCC(CC)C1. The van der Waals surface area contributed by atoms with Crippen molar-refractivity contribution in [3.05, 3.63) is 21.3 Å². The topological polar surface area (TPSA) is 12.0 Å². The van der Waals surface area contributed by atoms with E-state index in [2.05, 4.69) is 24.5 Å². The Bertz CT molecular complexity index is 377. The number of thiophene rings is 1. The van der Waals surface area contributed by atoms with E-state index in [9.17, 15) is 0 Å². The minimum atomic E-state index is 0.474. The zero-order valence-electron chi connectivity index (χ0n) is 12.1. The predicted octanol–water partition coefficient (Wildman–Crippen LogP) is 5.66. The van der Waals surface area contributed by atoms with Gasteiger partial charge in [0.15, 0.2) is 0 Å². The van der Waals surface area contributed by atoms with Gasteiger partial charge in [0.2, 0.25) is 0 Å². The first-order valence-corrected chi connectivity index (χ1v) is 8.98. The fraction of sp³-hybridized carbons (Fsp3) is 0.750. The Kier molecular flexibility index (Phi) is 6.18. The third kappa shape index (κ3) is 3.96. The van der Waals surface area contributed by atoms with Crippen molar-refractivity contribution in [2.24, 2.45) is 11.8 Å². The summed E-state index contributed by atoms with van der Waals surface area (Å²) in [5.41, 5.74) is 0. The summed E-state index contributed by atoms with van der Waals surface area (Å²) in [5.74, 6) is 1.69. The number of nitrogens with one attached hydrogen (secondary N) is 1. The van der Waals surface area contributed by atoms with Gasteiger partial charge in [0.25, 0.3) is 0 Å². The van der Waals surface area contributed by atoms with Crippen molar-refractivity contribution in [3.63, 3.8) is 0 Å². The molecule has 1 heterocycles. The summed E-state index contributed by atoms with van der Waals surface area (Å²) in [4.78, 5) is 1.36. The van der Waals surface area contributed by atoms with E-state index in [4.69, 9.17) is 11.6 Å². The highest BCUT2D eigenvalue weighted by atomic mass is 35.5. The van der Waals surface area contributed by atoms with Crippen molar-refractivity contribution >= 4 is 22.9 Å². The Morgan fingerprint density at radius 3 is 2.89 bits per heavy atom. The summed E-state index contributed by atoms with van der Waals surface area (Å²) >= 11 is 8.19. The van der Waals surface area contributed by atoms with Crippen LogP contribution in [0.1, 0.15) is 63.3 Å². The lowest BCUT2D eigenvalue weighted by Gasteiger charge is -2.34. The molecule has 1 fully saturated rings. The fourth-order valence-electron chi connectivity index (χ4n) is 3.31. The summed E-state index contributed by atoms with van der Waals surface area (Å²) in [5, 5.41) is 6.83. The minimum absolute atomic E-state index is 0.474. The molecule has 0 amide bonds. The molecule has 3 atom stereocenters. The number of hydrogen-bond donors (Lipinski definition) is 1. The van der Waals surface area contributed by atoms with E-state index in [1.54, 1.807) is 0 Å². The van der Waals surface area contributed by atoms with Crippen molar-refractivity contribution in [1.29, 1.82) is 0 Å². The normalized spacial score (nSPS) is 25.4. The quantitative estimate of drug-likeness (QED) is 0.715. The molecule has 0 radical (unpaired) electrons.